The van der Waals surface area contributed by atoms with Gasteiger partial charge < -0.3 is 20.1 Å². The summed E-state index contributed by atoms with van der Waals surface area (Å²) in [6.45, 7) is 0.615. The molecule has 0 unspecified atom stereocenters. The van der Waals surface area contributed by atoms with E-state index in [2.05, 4.69) is 10.6 Å². The minimum Gasteiger partial charge on any atom is -0.497 e. The first-order valence-corrected chi connectivity index (χ1v) is 6.74. The molecule has 0 spiro atoms. The second-order valence-corrected chi connectivity index (χ2v) is 4.42. The number of amides is 2. The van der Waals surface area contributed by atoms with Gasteiger partial charge in [0.15, 0.2) is 0 Å². The molecule has 0 aliphatic rings. The fourth-order valence-corrected chi connectivity index (χ4v) is 1.74. The van der Waals surface area contributed by atoms with Gasteiger partial charge in [0.25, 0.3) is 0 Å². The predicted molar refractivity (Wildman–Crippen MR) is 81.9 cm³/mol. The Morgan fingerprint density at radius 1 is 1.14 bits per heavy atom. The molecular weight excluding hydrogens is 287 g/mol. The summed E-state index contributed by atoms with van der Waals surface area (Å²) in [5.74, 6) is 0.900. The first kappa shape index (κ1) is 15.6. The summed E-state index contributed by atoms with van der Waals surface area (Å²) in [6, 6.07) is 12.4. The molecule has 0 aliphatic carbocycles. The number of rotatable bonds is 6. The summed E-state index contributed by atoms with van der Waals surface area (Å²) in [4.78, 5) is 11.7. The number of benzene rings is 2. The van der Waals surface area contributed by atoms with Crippen LogP contribution in [0.3, 0.4) is 0 Å². The monoisotopic (exact) mass is 304 g/mol. The molecule has 2 aromatic rings. The van der Waals surface area contributed by atoms with Gasteiger partial charge in [-0.15, -0.1) is 0 Å². The molecule has 0 radical (unpaired) electrons. The van der Waals surface area contributed by atoms with Crippen LogP contribution in [-0.4, -0.2) is 26.3 Å². The van der Waals surface area contributed by atoms with Crippen molar-refractivity contribution in [2.75, 3.05) is 25.6 Å². The minimum absolute atomic E-state index is 0.289. The van der Waals surface area contributed by atoms with Crippen LogP contribution < -0.4 is 20.1 Å². The van der Waals surface area contributed by atoms with Gasteiger partial charge in [-0.1, -0.05) is 6.07 Å². The molecule has 116 valence electrons. The maximum absolute atomic E-state index is 12.7. The van der Waals surface area contributed by atoms with E-state index < -0.39 is 0 Å². The van der Waals surface area contributed by atoms with Crippen LogP contribution in [0.4, 0.5) is 14.9 Å². The molecule has 0 heterocycles. The molecule has 6 heteroatoms. The molecule has 0 fully saturated rings. The van der Waals surface area contributed by atoms with Gasteiger partial charge in [0.05, 0.1) is 13.7 Å². The van der Waals surface area contributed by atoms with E-state index in [1.54, 1.807) is 31.4 Å². The van der Waals surface area contributed by atoms with Crippen molar-refractivity contribution >= 4 is 11.7 Å². The van der Waals surface area contributed by atoms with Gasteiger partial charge in [-0.25, -0.2) is 9.18 Å². The standard InChI is InChI=1S/C16H17FN2O3/c1-21-15-4-2-3-13(11-15)19-16(20)18-9-10-22-14-7-5-12(17)6-8-14/h2-8,11H,9-10H2,1H3,(H2,18,19,20). The predicted octanol–water partition coefficient (Wildman–Crippen LogP) is 3.03. The number of halogens is 1. The maximum Gasteiger partial charge on any atom is 0.319 e. The number of methoxy groups -OCH3 is 1. The lowest BCUT2D eigenvalue weighted by Gasteiger charge is -2.09. The zero-order valence-corrected chi connectivity index (χ0v) is 12.1. The lowest BCUT2D eigenvalue weighted by atomic mass is 10.3. The van der Waals surface area contributed by atoms with Gasteiger partial charge in [0.1, 0.15) is 23.9 Å². The van der Waals surface area contributed by atoms with E-state index in [0.29, 0.717) is 23.7 Å². The number of urea groups is 1. The Bertz CT molecular complexity index is 617. The van der Waals surface area contributed by atoms with Crippen LogP contribution >= 0.6 is 0 Å². The molecule has 0 saturated carbocycles. The number of anilines is 1. The molecule has 2 amide bonds. The summed E-state index contributed by atoms with van der Waals surface area (Å²) in [7, 11) is 1.56. The molecular formula is C16H17FN2O3. The zero-order valence-electron chi connectivity index (χ0n) is 12.1. The van der Waals surface area contributed by atoms with E-state index in [4.69, 9.17) is 9.47 Å². The minimum atomic E-state index is -0.337. The van der Waals surface area contributed by atoms with Gasteiger partial charge in [-0.3, -0.25) is 0 Å². The van der Waals surface area contributed by atoms with E-state index >= 15 is 0 Å². The van der Waals surface area contributed by atoms with Gasteiger partial charge in [-0.2, -0.15) is 0 Å². The van der Waals surface area contributed by atoms with Crippen molar-refractivity contribution in [3.63, 3.8) is 0 Å². The number of carbonyl (C=O) groups excluding carboxylic acids is 1. The largest absolute Gasteiger partial charge is 0.497 e. The van der Waals surface area contributed by atoms with Crippen LogP contribution in [0.5, 0.6) is 11.5 Å². The zero-order chi connectivity index (χ0) is 15.8. The van der Waals surface area contributed by atoms with Crippen LogP contribution in [0.1, 0.15) is 0 Å². The van der Waals surface area contributed by atoms with Crippen LogP contribution in [0.2, 0.25) is 0 Å². The van der Waals surface area contributed by atoms with E-state index in [1.165, 1.54) is 24.3 Å². The molecule has 2 rings (SSSR count). The fourth-order valence-electron chi connectivity index (χ4n) is 1.74. The molecule has 0 bridgehead atoms. The van der Waals surface area contributed by atoms with E-state index in [9.17, 15) is 9.18 Å². The average molecular weight is 304 g/mol. The van der Waals surface area contributed by atoms with Gasteiger partial charge >= 0.3 is 6.03 Å². The van der Waals surface area contributed by atoms with Crippen molar-refractivity contribution in [1.82, 2.24) is 5.32 Å². The van der Waals surface area contributed by atoms with Crippen LogP contribution in [0, 0.1) is 5.82 Å². The van der Waals surface area contributed by atoms with Crippen molar-refractivity contribution in [1.29, 1.82) is 0 Å². The quantitative estimate of drug-likeness (QED) is 0.806. The third kappa shape index (κ3) is 4.97. The highest BCUT2D eigenvalue weighted by molar-refractivity contribution is 5.89. The van der Waals surface area contributed by atoms with E-state index in [-0.39, 0.29) is 18.5 Å². The maximum atomic E-state index is 12.7. The first-order chi connectivity index (χ1) is 10.7. The second-order valence-electron chi connectivity index (χ2n) is 4.42. The Labute approximate surface area is 128 Å². The lowest BCUT2D eigenvalue weighted by molar-refractivity contribution is 0.247. The summed E-state index contributed by atoms with van der Waals surface area (Å²) in [5.41, 5.74) is 0.635. The van der Waals surface area contributed by atoms with Gasteiger partial charge in [0.2, 0.25) is 0 Å². The Balaban J connectivity index is 1.70. The topological polar surface area (TPSA) is 59.6 Å². The van der Waals surface area contributed by atoms with Gasteiger partial charge in [0, 0.05) is 11.8 Å². The summed E-state index contributed by atoms with van der Waals surface area (Å²) >= 11 is 0. The van der Waals surface area contributed by atoms with Crippen LogP contribution in [0.25, 0.3) is 0 Å². The third-order valence-corrected chi connectivity index (χ3v) is 2.80. The smallest absolute Gasteiger partial charge is 0.319 e. The second kappa shape index (κ2) is 7.87. The van der Waals surface area contributed by atoms with Crippen molar-refractivity contribution in [2.24, 2.45) is 0 Å². The molecule has 5 nitrogen and oxygen atoms in total. The first-order valence-electron chi connectivity index (χ1n) is 6.74. The normalized spacial score (nSPS) is 9.91. The third-order valence-electron chi connectivity index (χ3n) is 2.80. The molecule has 0 saturated heterocycles. The number of nitrogens with one attached hydrogen (secondary N) is 2. The van der Waals surface area contributed by atoms with Crippen LogP contribution in [-0.2, 0) is 0 Å². The number of ether oxygens (including phenoxy) is 2. The number of carbonyl (C=O) groups is 1. The Hall–Kier alpha value is -2.76. The van der Waals surface area contributed by atoms with Crippen molar-refractivity contribution in [3.05, 3.63) is 54.3 Å². The molecule has 0 aliphatic heterocycles. The summed E-state index contributed by atoms with van der Waals surface area (Å²) < 4.78 is 23.2. The van der Waals surface area contributed by atoms with Crippen molar-refractivity contribution < 1.29 is 18.7 Å². The Kier molecular flexibility index (Phi) is 5.59. The summed E-state index contributed by atoms with van der Waals surface area (Å²) in [6.07, 6.45) is 0. The lowest BCUT2D eigenvalue weighted by Crippen LogP contribution is -2.32. The summed E-state index contributed by atoms with van der Waals surface area (Å²) in [5, 5.41) is 5.35. The highest BCUT2D eigenvalue weighted by atomic mass is 19.1. The van der Waals surface area contributed by atoms with E-state index in [1.807, 2.05) is 0 Å². The fraction of sp³-hybridized carbons (Fsp3) is 0.188. The molecule has 2 N–H and O–H groups in total. The van der Waals surface area contributed by atoms with Crippen molar-refractivity contribution in [2.45, 2.75) is 0 Å². The molecule has 22 heavy (non-hydrogen) atoms. The number of hydrogen-bond donors (Lipinski definition) is 2. The highest BCUT2D eigenvalue weighted by Gasteiger charge is 2.02. The highest BCUT2D eigenvalue weighted by Crippen LogP contribution is 2.16. The Morgan fingerprint density at radius 2 is 1.91 bits per heavy atom. The molecule has 0 atom stereocenters. The van der Waals surface area contributed by atoms with Crippen molar-refractivity contribution in [3.8, 4) is 11.5 Å². The molecule has 0 aromatic heterocycles. The van der Waals surface area contributed by atoms with Crippen LogP contribution in [0.15, 0.2) is 48.5 Å². The molecule has 2 aromatic carbocycles. The van der Waals surface area contributed by atoms with E-state index in [0.717, 1.165) is 0 Å². The van der Waals surface area contributed by atoms with Gasteiger partial charge in [-0.05, 0) is 36.4 Å². The average Bonchev–Trinajstić information content (AvgIpc) is 2.53. The number of hydrogen-bond acceptors (Lipinski definition) is 3. The Morgan fingerprint density at radius 3 is 2.64 bits per heavy atom. The SMILES string of the molecule is COc1cccc(NC(=O)NCCOc2ccc(F)cc2)c1.